The Hall–Kier alpha value is -3.06. The van der Waals surface area contributed by atoms with Crippen molar-refractivity contribution in [2.24, 2.45) is 5.10 Å². The van der Waals surface area contributed by atoms with Crippen molar-refractivity contribution in [2.45, 2.75) is 19.4 Å². The summed E-state index contributed by atoms with van der Waals surface area (Å²) < 4.78 is 16.0. The van der Waals surface area contributed by atoms with Gasteiger partial charge >= 0.3 is 0 Å². The molecular weight excluding hydrogens is 386 g/mol. The molecule has 6 nitrogen and oxygen atoms in total. The van der Waals surface area contributed by atoms with Crippen LogP contribution in [0.25, 0.3) is 11.3 Å². The van der Waals surface area contributed by atoms with Crippen molar-refractivity contribution in [1.82, 2.24) is 4.98 Å². The highest BCUT2D eigenvalue weighted by atomic mass is 32.1. The fourth-order valence-corrected chi connectivity index (χ4v) is 4.25. The third kappa shape index (κ3) is 3.78. The van der Waals surface area contributed by atoms with Gasteiger partial charge < -0.3 is 14.2 Å². The van der Waals surface area contributed by atoms with Crippen LogP contribution in [0, 0.1) is 0 Å². The Morgan fingerprint density at radius 3 is 2.41 bits per heavy atom. The zero-order valence-electron chi connectivity index (χ0n) is 16.9. The first-order chi connectivity index (χ1) is 14.1. The Labute approximate surface area is 174 Å². The molecule has 0 saturated carbocycles. The van der Waals surface area contributed by atoms with Gasteiger partial charge in [0.05, 0.1) is 33.1 Å². The van der Waals surface area contributed by atoms with Crippen LogP contribution in [0.4, 0.5) is 5.13 Å². The number of hydrazone groups is 1. The van der Waals surface area contributed by atoms with E-state index in [9.17, 15) is 0 Å². The minimum atomic E-state index is 0.130. The van der Waals surface area contributed by atoms with Gasteiger partial charge in [-0.1, -0.05) is 12.1 Å². The van der Waals surface area contributed by atoms with Gasteiger partial charge in [0.15, 0.2) is 11.5 Å². The number of ether oxygens (including phenoxy) is 3. The molecular formula is C22H23N3O3S. The molecule has 150 valence electrons. The van der Waals surface area contributed by atoms with Crippen molar-refractivity contribution in [3.63, 3.8) is 0 Å². The Morgan fingerprint density at radius 1 is 0.966 bits per heavy atom. The van der Waals surface area contributed by atoms with E-state index >= 15 is 0 Å². The fourth-order valence-electron chi connectivity index (χ4n) is 3.42. The first kappa shape index (κ1) is 19.3. The van der Waals surface area contributed by atoms with Gasteiger partial charge in [0.25, 0.3) is 0 Å². The largest absolute Gasteiger partial charge is 0.497 e. The van der Waals surface area contributed by atoms with Crippen LogP contribution < -0.4 is 19.2 Å². The maximum atomic E-state index is 5.42. The van der Waals surface area contributed by atoms with Crippen molar-refractivity contribution in [3.05, 3.63) is 53.4 Å². The molecule has 3 aromatic rings. The van der Waals surface area contributed by atoms with Gasteiger partial charge in [0, 0.05) is 23.1 Å². The summed E-state index contributed by atoms with van der Waals surface area (Å²) in [6, 6.07) is 14.1. The number of rotatable bonds is 6. The molecule has 4 rings (SSSR count). The number of hydrogen-bond acceptors (Lipinski definition) is 7. The quantitative estimate of drug-likeness (QED) is 0.563. The number of nitrogens with zero attached hydrogens (tertiary/aromatic N) is 3. The second-order valence-corrected chi connectivity index (χ2v) is 7.59. The summed E-state index contributed by atoms with van der Waals surface area (Å²) in [5.74, 6) is 2.23. The zero-order valence-corrected chi connectivity index (χ0v) is 17.7. The lowest BCUT2D eigenvalue weighted by molar-refractivity contribution is 0.355. The van der Waals surface area contributed by atoms with E-state index in [1.54, 1.807) is 32.7 Å². The van der Waals surface area contributed by atoms with E-state index in [1.165, 1.54) is 5.56 Å². The van der Waals surface area contributed by atoms with E-state index in [2.05, 4.69) is 19.1 Å². The van der Waals surface area contributed by atoms with Crippen molar-refractivity contribution in [2.75, 3.05) is 26.3 Å². The zero-order chi connectivity index (χ0) is 20.4. The lowest BCUT2D eigenvalue weighted by Crippen LogP contribution is -2.18. The summed E-state index contributed by atoms with van der Waals surface area (Å²) in [4.78, 5) is 4.85. The van der Waals surface area contributed by atoms with Crippen LogP contribution in [-0.2, 0) is 0 Å². The second kappa shape index (κ2) is 8.13. The first-order valence-electron chi connectivity index (χ1n) is 9.28. The van der Waals surface area contributed by atoms with Crippen molar-refractivity contribution in [1.29, 1.82) is 0 Å². The predicted molar refractivity (Wildman–Crippen MR) is 117 cm³/mol. The summed E-state index contributed by atoms with van der Waals surface area (Å²) in [5, 5.41) is 9.68. The number of benzene rings is 2. The van der Waals surface area contributed by atoms with E-state index in [0.29, 0.717) is 11.5 Å². The van der Waals surface area contributed by atoms with Crippen molar-refractivity contribution < 1.29 is 14.2 Å². The van der Waals surface area contributed by atoms with Gasteiger partial charge in [0.2, 0.25) is 5.13 Å². The molecule has 0 amide bonds. The fraction of sp³-hybridized carbons (Fsp3) is 0.273. The molecule has 0 radical (unpaired) electrons. The molecule has 0 unspecified atom stereocenters. The van der Waals surface area contributed by atoms with Gasteiger partial charge in [-0.25, -0.2) is 9.99 Å². The molecule has 0 saturated heterocycles. The van der Waals surface area contributed by atoms with Crippen LogP contribution in [0.15, 0.2) is 52.9 Å². The molecule has 1 atom stereocenters. The van der Waals surface area contributed by atoms with Crippen molar-refractivity contribution >= 4 is 22.2 Å². The summed E-state index contributed by atoms with van der Waals surface area (Å²) >= 11 is 1.58. The molecule has 2 aromatic carbocycles. The Morgan fingerprint density at radius 2 is 1.72 bits per heavy atom. The molecule has 29 heavy (non-hydrogen) atoms. The van der Waals surface area contributed by atoms with Crippen LogP contribution in [-0.4, -0.2) is 32.0 Å². The Bertz CT molecular complexity index is 1030. The highest BCUT2D eigenvalue weighted by Gasteiger charge is 2.29. The third-order valence-electron chi connectivity index (χ3n) is 4.93. The highest BCUT2D eigenvalue weighted by Crippen LogP contribution is 2.39. The number of thiazole rings is 1. The topological polar surface area (TPSA) is 56.2 Å². The van der Waals surface area contributed by atoms with Crippen LogP contribution in [0.5, 0.6) is 17.2 Å². The van der Waals surface area contributed by atoms with E-state index in [0.717, 1.165) is 34.3 Å². The van der Waals surface area contributed by atoms with Gasteiger partial charge in [-0.3, -0.25) is 0 Å². The summed E-state index contributed by atoms with van der Waals surface area (Å²) in [6.07, 6.45) is 0.873. The number of hydrogen-bond donors (Lipinski definition) is 0. The standard InChI is InChI=1S/C22H23N3O3S/c1-14-11-19(15-5-8-17(26-2)9-6-15)25(24-14)22-23-18(13-29-22)16-7-10-20(27-3)21(12-16)28-4/h5-10,12-13,19H,11H2,1-4H3/t19-/m1/s1. The molecule has 0 N–H and O–H groups in total. The van der Waals surface area contributed by atoms with Crippen LogP contribution >= 0.6 is 11.3 Å². The number of anilines is 1. The molecule has 0 bridgehead atoms. The smallest absolute Gasteiger partial charge is 0.207 e. The number of aromatic nitrogens is 1. The molecule has 1 aliphatic heterocycles. The molecule has 7 heteroatoms. The van der Waals surface area contributed by atoms with Gasteiger partial charge in [-0.2, -0.15) is 5.10 Å². The molecule has 1 aliphatic rings. The molecule has 0 fully saturated rings. The molecule has 0 aliphatic carbocycles. The average Bonchev–Trinajstić information content (AvgIpc) is 3.40. The normalized spacial score (nSPS) is 15.9. The van der Waals surface area contributed by atoms with Crippen LogP contribution in [0.1, 0.15) is 24.9 Å². The monoisotopic (exact) mass is 409 g/mol. The minimum absolute atomic E-state index is 0.130. The van der Waals surface area contributed by atoms with E-state index < -0.39 is 0 Å². The SMILES string of the molecule is COc1ccc([C@H]2CC(C)=NN2c2nc(-c3ccc(OC)c(OC)c3)cs2)cc1. The minimum Gasteiger partial charge on any atom is -0.497 e. The van der Waals surface area contributed by atoms with E-state index in [1.807, 2.05) is 40.7 Å². The molecule has 2 heterocycles. The van der Waals surface area contributed by atoms with E-state index in [4.69, 9.17) is 24.3 Å². The summed E-state index contributed by atoms with van der Waals surface area (Å²) in [5.41, 5.74) is 4.15. The lowest BCUT2D eigenvalue weighted by atomic mass is 10.0. The predicted octanol–water partition coefficient (Wildman–Crippen LogP) is 5.16. The third-order valence-corrected chi connectivity index (χ3v) is 5.76. The average molecular weight is 410 g/mol. The van der Waals surface area contributed by atoms with E-state index in [-0.39, 0.29) is 6.04 Å². The first-order valence-corrected chi connectivity index (χ1v) is 10.2. The van der Waals surface area contributed by atoms with Gasteiger partial charge in [-0.05, 0) is 42.8 Å². The van der Waals surface area contributed by atoms with Crippen LogP contribution in [0.3, 0.4) is 0 Å². The van der Waals surface area contributed by atoms with Gasteiger partial charge in [-0.15, -0.1) is 11.3 Å². The lowest BCUT2D eigenvalue weighted by Gasteiger charge is -2.21. The summed E-state index contributed by atoms with van der Waals surface area (Å²) in [7, 11) is 4.94. The molecule has 1 aromatic heterocycles. The Balaban J connectivity index is 1.63. The summed E-state index contributed by atoms with van der Waals surface area (Å²) in [6.45, 7) is 2.05. The Kier molecular flexibility index (Phi) is 5.40. The van der Waals surface area contributed by atoms with Gasteiger partial charge in [0.1, 0.15) is 5.75 Å². The maximum absolute atomic E-state index is 5.42. The molecule has 0 spiro atoms. The van der Waals surface area contributed by atoms with Crippen molar-refractivity contribution in [3.8, 4) is 28.5 Å². The highest BCUT2D eigenvalue weighted by molar-refractivity contribution is 7.14. The maximum Gasteiger partial charge on any atom is 0.207 e. The second-order valence-electron chi connectivity index (χ2n) is 6.76. The van der Waals surface area contributed by atoms with Crippen LogP contribution in [0.2, 0.25) is 0 Å². The number of methoxy groups -OCH3 is 3.